The molecule has 0 aliphatic carbocycles. The first-order valence-electron chi connectivity index (χ1n) is 3.82. The first-order chi connectivity index (χ1) is 5.74. The van der Waals surface area contributed by atoms with Gasteiger partial charge in [-0.1, -0.05) is 0 Å². The summed E-state index contributed by atoms with van der Waals surface area (Å²) < 4.78 is 0. The Morgan fingerprint density at radius 3 is 2.92 bits per heavy atom. The van der Waals surface area contributed by atoms with Crippen LogP contribution in [0, 0.1) is 18.3 Å². The Bertz CT molecular complexity index is 285. The van der Waals surface area contributed by atoms with Gasteiger partial charge in [-0.15, -0.1) is 11.3 Å². The number of aryl methyl sites for hydroxylation is 1. The second kappa shape index (κ2) is 4.24. The Labute approximate surface area is 77.0 Å². The summed E-state index contributed by atoms with van der Waals surface area (Å²) >= 11 is 1.75. The van der Waals surface area contributed by atoms with E-state index in [9.17, 15) is 0 Å². The number of hydrogen-bond acceptors (Lipinski definition) is 3. The monoisotopic (exact) mass is 180 g/mol. The van der Waals surface area contributed by atoms with Gasteiger partial charge in [-0.05, 0) is 31.0 Å². The van der Waals surface area contributed by atoms with E-state index in [0.29, 0.717) is 6.54 Å². The minimum Gasteiger partial charge on any atom is -0.289 e. The molecular formula is C9H12N2S. The standard InChI is InChI=1S/C9H12N2S/c1-8-3-6-12-9(8)7-11(2)5-4-10/h3,6H,5,7H2,1-2H3. The lowest BCUT2D eigenvalue weighted by Crippen LogP contribution is -2.17. The van der Waals surface area contributed by atoms with Gasteiger partial charge in [0, 0.05) is 11.4 Å². The van der Waals surface area contributed by atoms with Gasteiger partial charge in [-0.3, -0.25) is 4.90 Å². The molecule has 0 bridgehead atoms. The van der Waals surface area contributed by atoms with Crippen LogP contribution < -0.4 is 0 Å². The normalized spacial score (nSPS) is 10.2. The molecule has 12 heavy (non-hydrogen) atoms. The van der Waals surface area contributed by atoms with Crippen molar-refractivity contribution in [1.29, 1.82) is 5.26 Å². The second-order valence-electron chi connectivity index (χ2n) is 2.86. The molecule has 2 nitrogen and oxygen atoms in total. The molecule has 0 saturated heterocycles. The van der Waals surface area contributed by atoms with Gasteiger partial charge in [0.25, 0.3) is 0 Å². The third-order valence-corrected chi connectivity index (χ3v) is 2.73. The highest BCUT2D eigenvalue weighted by Gasteiger charge is 2.02. The average Bonchev–Trinajstić information content (AvgIpc) is 2.37. The molecule has 1 heterocycles. The van der Waals surface area contributed by atoms with Gasteiger partial charge in [-0.25, -0.2) is 0 Å². The van der Waals surface area contributed by atoms with Gasteiger partial charge in [0.2, 0.25) is 0 Å². The fraction of sp³-hybridized carbons (Fsp3) is 0.444. The molecule has 0 radical (unpaired) electrons. The van der Waals surface area contributed by atoms with Crippen molar-refractivity contribution in [3.8, 4) is 6.07 Å². The maximum absolute atomic E-state index is 8.45. The molecule has 0 saturated carbocycles. The quantitative estimate of drug-likeness (QED) is 0.665. The zero-order chi connectivity index (χ0) is 8.97. The smallest absolute Gasteiger partial charge is 0.0866 e. The largest absolute Gasteiger partial charge is 0.289 e. The van der Waals surface area contributed by atoms with Crippen LogP contribution in [0.4, 0.5) is 0 Å². The van der Waals surface area contributed by atoms with Crippen LogP contribution >= 0.6 is 11.3 Å². The van der Waals surface area contributed by atoms with Crippen molar-refractivity contribution in [3.63, 3.8) is 0 Å². The number of rotatable bonds is 3. The van der Waals surface area contributed by atoms with Gasteiger partial charge in [0.1, 0.15) is 0 Å². The lowest BCUT2D eigenvalue weighted by Gasteiger charge is -2.10. The highest BCUT2D eigenvalue weighted by molar-refractivity contribution is 7.10. The van der Waals surface area contributed by atoms with E-state index in [2.05, 4.69) is 24.4 Å². The van der Waals surface area contributed by atoms with Gasteiger partial charge in [0.05, 0.1) is 12.6 Å². The summed E-state index contributed by atoms with van der Waals surface area (Å²) in [4.78, 5) is 3.37. The molecule has 0 aliphatic heterocycles. The van der Waals surface area contributed by atoms with Crippen LogP contribution in [0.25, 0.3) is 0 Å². The number of hydrogen-bond donors (Lipinski definition) is 0. The molecule has 0 fully saturated rings. The van der Waals surface area contributed by atoms with Gasteiger partial charge < -0.3 is 0 Å². The maximum atomic E-state index is 8.45. The van der Waals surface area contributed by atoms with Crippen molar-refractivity contribution >= 4 is 11.3 Å². The first-order valence-corrected chi connectivity index (χ1v) is 4.70. The summed E-state index contributed by atoms with van der Waals surface area (Å²) in [5.41, 5.74) is 1.32. The Hall–Kier alpha value is -0.850. The summed E-state index contributed by atoms with van der Waals surface area (Å²) in [7, 11) is 1.96. The van der Waals surface area contributed by atoms with E-state index in [4.69, 9.17) is 5.26 Å². The summed E-state index contributed by atoms with van der Waals surface area (Å²) in [6.07, 6.45) is 0. The molecule has 64 valence electrons. The number of thiophene rings is 1. The molecule has 1 rings (SSSR count). The molecule has 0 atom stereocenters. The zero-order valence-electron chi connectivity index (χ0n) is 7.37. The van der Waals surface area contributed by atoms with Crippen molar-refractivity contribution in [2.45, 2.75) is 13.5 Å². The van der Waals surface area contributed by atoms with Gasteiger partial charge in [-0.2, -0.15) is 5.26 Å². The highest BCUT2D eigenvalue weighted by Crippen LogP contribution is 2.16. The molecule has 0 unspecified atom stereocenters. The molecule has 1 aromatic rings. The van der Waals surface area contributed by atoms with Crippen molar-refractivity contribution in [1.82, 2.24) is 4.90 Å². The van der Waals surface area contributed by atoms with Crippen molar-refractivity contribution in [2.24, 2.45) is 0 Å². The third kappa shape index (κ3) is 2.33. The Kier molecular flexibility index (Phi) is 3.27. The third-order valence-electron chi connectivity index (χ3n) is 1.72. The summed E-state index contributed by atoms with van der Waals surface area (Å²) in [6, 6.07) is 4.24. The summed E-state index contributed by atoms with van der Waals surface area (Å²) in [6.45, 7) is 3.49. The minimum atomic E-state index is 0.497. The van der Waals surface area contributed by atoms with Gasteiger partial charge in [0.15, 0.2) is 0 Å². The van der Waals surface area contributed by atoms with Crippen LogP contribution in [0.3, 0.4) is 0 Å². The van der Waals surface area contributed by atoms with E-state index in [-0.39, 0.29) is 0 Å². The van der Waals surface area contributed by atoms with Crippen LogP contribution in [0.5, 0.6) is 0 Å². The van der Waals surface area contributed by atoms with E-state index >= 15 is 0 Å². The Morgan fingerprint density at radius 1 is 1.67 bits per heavy atom. The van der Waals surface area contributed by atoms with Crippen LogP contribution in [0.15, 0.2) is 11.4 Å². The van der Waals surface area contributed by atoms with Crippen LogP contribution in [-0.4, -0.2) is 18.5 Å². The SMILES string of the molecule is Cc1ccsc1CN(C)CC#N. The van der Waals surface area contributed by atoms with E-state index < -0.39 is 0 Å². The summed E-state index contributed by atoms with van der Waals surface area (Å²) in [5, 5.41) is 10.5. The van der Waals surface area contributed by atoms with Crippen molar-refractivity contribution in [2.75, 3.05) is 13.6 Å². The average molecular weight is 180 g/mol. The molecule has 1 aromatic heterocycles. The fourth-order valence-corrected chi connectivity index (χ4v) is 1.97. The van der Waals surface area contributed by atoms with Crippen molar-refractivity contribution in [3.05, 3.63) is 21.9 Å². The van der Waals surface area contributed by atoms with E-state index in [0.717, 1.165) is 6.54 Å². The van der Waals surface area contributed by atoms with E-state index in [1.165, 1.54) is 10.4 Å². The fourth-order valence-electron chi connectivity index (χ4n) is 0.988. The van der Waals surface area contributed by atoms with Crippen LogP contribution in [0.2, 0.25) is 0 Å². The molecular weight excluding hydrogens is 168 g/mol. The molecule has 0 aromatic carbocycles. The molecule has 0 N–H and O–H groups in total. The molecule has 3 heteroatoms. The Balaban J connectivity index is 2.53. The number of nitrogens with zero attached hydrogens (tertiary/aromatic N) is 2. The topological polar surface area (TPSA) is 27.0 Å². The van der Waals surface area contributed by atoms with Crippen LogP contribution in [0.1, 0.15) is 10.4 Å². The van der Waals surface area contributed by atoms with Crippen LogP contribution in [-0.2, 0) is 6.54 Å². The minimum absolute atomic E-state index is 0.497. The maximum Gasteiger partial charge on any atom is 0.0866 e. The van der Waals surface area contributed by atoms with Gasteiger partial charge >= 0.3 is 0 Å². The first kappa shape index (κ1) is 9.24. The van der Waals surface area contributed by atoms with E-state index in [1.54, 1.807) is 11.3 Å². The van der Waals surface area contributed by atoms with E-state index in [1.807, 2.05) is 11.9 Å². The Morgan fingerprint density at radius 2 is 2.42 bits per heavy atom. The zero-order valence-corrected chi connectivity index (χ0v) is 8.19. The predicted octanol–water partition coefficient (Wildman–Crippen LogP) is 2.01. The molecule has 0 spiro atoms. The molecule has 0 aliphatic rings. The summed E-state index contributed by atoms with van der Waals surface area (Å²) in [5.74, 6) is 0. The number of nitriles is 1. The lowest BCUT2D eigenvalue weighted by atomic mass is 10.3. The van der Waals surface area contributed by atoms with Crippen molar-refractivity contribution < 1.29 is 0 Å². The predicted molar refractivity (Wildman–Crippen MR) is 51.0 cm³/mol. The molecule has 0 amide bonds. The lowest BCUT2D eigenvalue weighted by molar-refractivity contribution is 0.370. The second-order valence-corrected chi connectivity index (χ2v) is 3.86. The highest BCUT2D eigenvalue weighted by atomic mass is 32.1.